The summed E-state index contributed by atoms with van der Waals surface area (Å²) < 4.78 is 8.21. The number of hydrogen-bond donors (Lipinski definition) is 0. The first kappa shape index (κ1) is 29.6. The van der Waals surface area contributed by atoms with Gasteiger partial charge in [0.2, 0.25) is 5.71 Å². The summed E-state index contributed by atoms with van der Waals surface area (Å²) in [5, 5.41) is 3.48. The van der Waals surface area contributed by atoms with Crippen molar-refractivity contribution in [3.63, 3.8) is 0 Å². The third-order valence-corrected chi connectivity index (χ3v) is 9.52. The summed E-state index contributed by atoms with van der Waals surface area (Å²) in [6, 6.07) is 33.0. The van der Waals surface area contributed by atoms with E-state index in [1.165, 1.54) is 5.19 Å². The Labute approximate surface area is 261 Å². The van der Waals surface area contributed by atoms with Crippen LogP contribution in [0.15, 0.2) is 89.5 Å². The summed E-state index contributed by atoms with van der Waals surface area (Å²) in [6.07, 6.45) is 2.02. The molecule has 213 valence electrons. The van der Waals surface area contributed by atoms with Gasteiger partial charge in [-0.1, -0.05) is 54.9 Å². The van der Waals surface area contributed by atoms with E-state index in [9.17, 15) is 0 Å². The Balaban J connectivity index is 0.000000181. The van der Waals surface area contributed by atoms with Gasteiger partial charge in [0.1, 0.15) is 0 Å². The number of hydrogen-bond acceptors (Lipinski definition) is 4. The fourth-order valence-electron chi connectivity index (χ4n) is 4.94. The van der Waals surface area contributed by atoms with E-state index in [0.29, 0.717) is 5.71 Å². The molecule has 7 rings (SSSR count). The Hall–Kier alpha value is -3.90. The second kappa shape index (κ2) is 11.8. The molecule has 0 aliphatic rings. The van der Waals surface area contributed by atoms with Crippen molar-refractivity contribution < 1.29 is 24.5 Å². The van der Waals surface area contributed by atoms with Gasteiger partial charge in [0.25, 0.3) is 0 Å². The Kier molecular flexibility index (Phi) is 8.29. The smallest absolute Gasteiger partial charge is 0.216 e. The van der Waals surface area contributed by atoms with Crippen LogP contribution in [0.3, 0.4) is 0 Å². The second-order valence-corrected chi connectivity index (χ2v) is 16.5. The molecule has 0 atom stereocenters. The van der Waals surface area contributed by atoms with Gasteiger partial charge >= 0.3 is 0 Å². The van der Waals surface area contributed by atoms with Gasteiger partial charge in [-0.3, -0.25) is 4.98 Å². The first-order valence-electron chi connectivity index (χ1n) is 13.8. The molecule has 0 amide bonds. The molecule has 0 saturated heterocycles. The van der Waals surface area contributed by atoms with Crippen LogP contribution < -0.4 is 5.19 Å². The van der Waals surface area contributed by atoms with E-state index in [2.05, 4.69) is 77.5 Å². The number of fused-ring (bicyclic) bond motifs is 4. The van der Waals surface area contributed by atoms with Gasteiger partial charge in [-0.2, -0.15) is 0 Å². The van der Waals surface area contributed by atoms with Crippen LogP contribution in [0.1, 0.15) is 11.3 Å². The van der Waals surface area contributed by atoms with Crippen molar-refractivity contribution in [2.45, 2.75) is 33.5 Å². The molecule has 7 heteroatoms. The van der Waals surface area contributed by atoms with E-state index in [4.69, 9.17) is 9.40 Å². The molecule has 5 nitrogen and oxygen atoms in total. The summed E-state index contributed by atoms with van der Waals surface area (Å²) in [6.45, 7) is 11.1. The molecular weight excluding hydrogens is 713 g/mol. The van der Waals surface area contributed by atoms with Gasteiger partial charge in [-0.25, -0.2) is 4.98 Å². The van der Waals surface area contributed by atoms with Crippen molar-refractivity contribution >= 4 is 46.4 Å². The summed E-state index contributed by atoms with van der Waals surface area (Å²) in [4.78, 5) is 13.9. The van der Waals surface area contributed by atoms with Crippen molar-refractivity contribution in [1.82, 2.24) is 19.5 Å². The number of imidazole rings is 1. The van der Waals surface area contributed by atoms with Crippen LogP contribution in [-0.2, 0) is 27.2 Å². The monoisotopic (exact) mass is 745 g/mol. The number of para-hydroxylation sites is 2. The number of furan rings is 1. The van der Waals surface area contributed by atoms with Crippen LogP contribution in [0.25, 0.3) is 55.7 Å². The van der Waals surface area contributed by atoms with Crippen molar-refractivity contribution in [3.8, 4) is 22.6 Å². The molecule has 7 aromatic rings. The molecule has 4 heterocycles. The normalized spacial score (nSPS) is 11.4. The minimum absolute atomic E-state index is 0. The van der Waals surface area contributed by atoms with Crippen molar-refractivity contribution in [2.75, 3.05) is 0 Å². The van der Waals surface area contributed by atoms with E-state index in [1.807, 2.05) is 74.8 Å². The van der Waals surface area contributed by atoms with Crippen molar-refractivity contribution in [2.24, 2.45) is 7.05 Å². The molecule has 4 aromatic heterocycles. The van der Waals surface area contributed by atoms with Crippen LogP contribution in [0.2, 0.25) is 19.6 Å². The average molecular weight is 745 g/mol. The zero-order valence-electron chi connectivity index (χ0n) is 24.6. The number of nitrogens with zero attached hydrogens (tertiary/aromatic N) is 4. The maximum atomic E-state index is 6.13. The van der Waals surface area contributed by atoms with Gasteiger partial charge < -0.3 is 14.0 Å². The summed E-state index contributed by atoms with van der Waals surface area (Å²) in [5.41, 5.74) is 8.57. The first-order chi connectivity index (χ1) is 19.7. The summed E-state index contributed by atoms with van der Waals surface area (Å²) >= 11 is 0. The predicted octanol–water partition coefficient (Wildman–Crippen LogP) is 8.04. The van der Waals surface area contributed by atoms with E-state index < -0.39 is 8.07 Å². The van der Waals surface area contributed by atoms with Gasteiger partial charge in [0.15, 0.2) is 0 Å². The maximum absolute atomic E-state index is 6.13. The molecule has 0 bridgehead atoms. The number of benzene rings is 3. The van der Waals surface area contributed by atoms with Crippen LogP contribution in [-0.4, -0.2) is 27.6 Å². The Morgan fingerprint density at radius 3 is 2.31 bits per heavy atom. The Morgan fingerprint density at radius 1 is 0.833 bits per heavy atom. The van der Waals surface area contributed by atoms with Crippen molar-refractivity contribution in [1.29, 1.82) is 0 Å². The quantitative estimate of drug-likeness (QED) is 0.136. The van der Waals surface area contributed by atoms with Gasteiger partial charge in [-0.15, -0.1) is 54.1 Å². The van der Waals surface area contributed by atoms with Crippen LogP contribution >= 0.6 is 0 Å². The third-order valence-electron chi connectivity index (χ3n) is 7.49. The number of aromatic nitrogens is 4. The molecule has 1 radical (unpaired) electrons. The van der Waals surface area contributed by atoms with Crippen LogP contribution in [0.4, 0.5) is 0 Å². The molecule has 0 spiro atoms. The minimum atomic E-state index is -1.23. The average Bonchev–Trinajstić information content (AvgIpc) is 3.51. The summed E-state index contributed by atoms with van der Waals surface area (Å²) in [7, 11) is 0.790. The predicted molar refractivity (Wildman–Crippen MR) is 171 cm³/mol. The maximum Gasteiger partial charge on any atom is 0.216 e. The number of rotatable bonds is 3. The Morgan fingerprint density at radius 2 is 1.62 bits per heavy atom. The molecule has 0 aliphatic carbocycles. The standard InChI is InChI=1S/C21H16N3O.C14H16NSi.Ir/c1-12-11-16-14-7-6-8-15(19(14)25-21(16)22-13(12)2)20-23-17-9-4-5-10-18(17)24(20)3;1-16(2,3)13-9-10-14(15-11-13)12-7-5-4-6-8-12;/h4-7,9-11H,1-3H3;4-7,9-11H,1-3H3;/q2*-1;. The zero-order valence-corrected chi connectivity index (χ0v) is 28.0. The fourth-order valence-corrected chi connectivity index (χ4v) is 5.97. The fraction of sp³-hybridized carbons (Fsp3) is 0.171. The van der Waals surface area contributed by atoms with E-state index in [-0.39, 0.29) is 20.1 Å². The van der Waals surface area contributed by atoms with E-state index in [1.54, 1.807) is 0 Å². The molecule has 0 fully saturated rings. The largest absolute Gasteiger partial charge is 0.486 e. The van der Waals surface area contributed by atoms with Crippen LogP contribution in [0.5, 0.6) is 0 Å². The van der Waals surface area contributed by atoms with Gasteiger partial charge in [0.05, 0.1) is 30.5 Å². The molecule has 0 unspecified atom stereocenters. The van der Waals surface area contributed by atoms with E-state index >= 15 is 0 Å². The van der Waals surface area contributed by atoms with E-state index in [0.717, 1.165) is 61.3 Å². The number of pyridine rings is 2. The Bertz CT molecular complexity index is 2010. The molecule has 0 N–H and O–H groups in total. The zero-order chi connectivity index (χ0) is 28.7. The SMILES string of the molecule is C[Si](C)(C)c1ccc(-c2[c-]cccc2)nc1.Cc1cc2c(nc1C)oc1c(-c3nc4ccccc4n3C)[c-]ccc12.[Ir]. The van der Waals surface area contributed by atoms with Gasteiger partial charge in [-0.05, 0) is 48.5 Å². The third kappa shape index (κ3) is 5.60. The van der Waals surface area contributed by atoms with Crippen molar-refractivity contribution in [3.05, 3.63) is 108 Å². The minimum Gasteiger partial charge on any atom is -0.486 e. The molecule has 0 aliphatic heterocycles. The first-order valence-corrected chi connectivity index (χ1v) is 17.3. The summed E-state index contributed by atoms with van der Waals surface area (Å²) in [5.74, 6) is 0.847. The molecule has 3 aromatic carbocycles. The van der Waals surface area contributed by atoms with Gasteiger partial charge in [0, 0.05) is 44.4 Å². The molecule has 42 heavy (non-hydrogen) atoms. The van der Waals surface area contributed by atoms with Crippen LogP contribution in [0, 0.1) is 26.0 Å². The number of aryl methyl sites for hydroxylation is 3. The molecular formula is C35H32IrN4OSi-2. The molecule has 0 saturated carbocycles. The topological polar surface area (TPSA) is 56.7 Å². The second-order valence-electron chi connectivity index (χ2n) is 11.4.